The molecule has 0 saturated carbocycles. The van der Waals surface area contributed by atoms with Crippen molar-refractivity contribution in [3.63, 3.8) is 0 Å². The number of rotatable bonds is 7. The molecule has 0 unspecified atom stereocenters. The van der Waals surface area contributed by atoms with Crippen molar-refractivity contribution in [1.29, 1.82) is 0 Å². The first-order chi connectivity index (χ1) is 18.0. The number of fused-ring (bicyclic) bond motifs is 2. The monoisotopic (exact) mass is 592 g/mol. The van der Waals surface area contributed by atoms with Crippen molar-refractivity contribution in [2.75, 3.05) is 6.61 Å². The minimum Gasteiger partial charge on any atom is -0.483 e. The van der Waals surface area contributed by atoms with E-state index in [-0.39, 0.29) is 12.4 Å². The van der Waals surface area contributed by atoms with Crippen LogP contribution in [0.4, 0.5) is 0 Å². The average Bonchev–Trinajstić information content (AvgIpc) is 3.26. The fraction of sp³-hybridized carbons (Fsp3) is 0.0357. The Labute approximate surface area is 229 Å². The number of hydrogen-bond donors (Lipinski definition) is 1. The highest BCUT2D eigenvalue weighted by molar-refractivity contribution is 9.10. The van der Waals surface area contributed by atoms with Crippen molar-refractivity contribution < 1.29 is 19.1 Å². The minimum absolute atomic E-state index is 0.227. The van der Waals surface area contributed by atoms with E-state index >= 15 is 0 Å². The van der Waals surface area contributed by atoms with E-state index in [9.17, 15) is 9.59 Å². The van der Waals surface area contributed by atoms with Gasteiger partial charge in [-0.2, -0.15) is 5.10 Å². The predicted molar refractivity (Wildman–Crippen MR) is 151 cm³/mol. The Bertz CT molecular complexity index is 1670. The van der Waals surface area contributed by atoms with Gasteiger partial charge in [-0.15, -0.1) is 11.3 Å². The summed E-state index contributed by atoms with van der Waals surface area (Å²) >= 11 is 11.2. The number of halogens is 2. The molecule has 9 heteroatoms. The largest absolute Gasteiger partial charge is 0.483 e. The molecule has 5 rings (SSSR count). The van der Waals surface area contributed by atoms with Gasteiger partial charge in [0.25, 0.3) is 5.91 Å². The van der Waals surface area contributed by atoms with E-state index in [2.05, 4.69) is 26.5 Å². The summed E-state index contributed by atoms with van der Waals surface area (Å²) in [7, 11) is 0. The Morgan fingerprint density at radius 3 is 2.49 bits per heavy atom. The minimum atomic E-state index is -0.564. The van der Waals surface area contributed by atoms with E-state index < -0.39 is 11.9 Å². The number of amides is 1. The molecular weight excluding hydrogens is 576 g/mol. The summed E-state index contributed by atoms with van der Waals surface area (Å²) in [5.41, 5.74) is 2.93. The quantitative estimate of drug-likeness (QED) is 0.0936. The first kappa shape index (κ1) is 25.0. The summed E-state index contributed by atoms with van der Waals surface area (Å²) in [6, 6.07) is 26.0. The van der Waals surface area contributed by atoms with Gasteiger partial charge in [0.05, 0.1) is 15.7 Å². The maximum atomic E-state index is 12.8. The van der Waals surface area contributed by atoms with Crippen LogP contribution >= 0.6 is 38.9 Å². The third-order valence-corrected chi connectivity index (χ3v) is 7.89. The summed E-state index contributed by atoms with van der Waals surface area (Å²) in [6.45, 7) is -0.227. The van der Waals surface area contributed by atoms with E-state index in [4.69, 9.17) is 21.1 Å². The predicted octanol–water partition coefficient (Wildman–Crippen LogP) is 7.22. The van der Waals surface area contributed by atoms with E-state index in [1.165, 1.54) is 17.6 Å². The van der Waals surface area contributed by atoms with Gasteiger partial charge in [0.15, 0.2) is 6.61 Å². The second kappa shape index (κ2) is 11.1. The number of thiophene rings is 1. The summed E-state index contributed by atoms with van der Waals surface area (Å²) < 4.78 is 12.9. The third kappa shape index (κ3) is 5.51. The molecule has 4 aromatic carbocycles. The van der Waals surface area contributed by atoms with Gasteiger partial charge in [-0.05, 0) is 51.0 Å². The molecule has 0 saturated heterocycles. The smallest absolute Gasteiger partial charge is 0.355 e. The number of para-hydroxylation sites is 1. The van der Waals surface area contributed by atoms with Crippen molar-refractivity contribution in [2.45, 2.75) is 0 Å². The molecular formula is C28H18BrClN2O4S. The Morgan fingerprint density at radius 1 is 0.919 bits per heavy atom. The van der Waals surface area contributed by atoms with Crippen LogP contribution < -0.4 is 14.9 Å². The lowest BCUT2D eigenvalue weighted by Gasteiger charge is -2.09. The van der Waals surface area contributed by atoms with E-state index in [0.29, 0.717) is 21.2 Å². The number of nitrogens with one attached hydrogen (secondary N) is 1. The van der Waals surface area contributed by atoms with Gasteiger partial charge in [0, 0.05) is 15.6 Å². The standard InChI is InChI=1S/C28H18BrClN2O4S/c29-25-19-9-3-1-7-17(19)13-14-22(25)35-16-24(33)32-31-15-18-8-2-5-11-21(18)36-28(34)27-26(30)20-10-4-6-12-23(20)37-27/h1-15H,16H2,(H,32,33). The highest BCUT2D eigenvalue weighted by Crippen LogP contribution is 2.36. The maximum Gasteiger partial charge on any atom is 0.355 e. The van der Waals surface area contributed by atoms with Crippen molar-refractivity contribution in [3.8, 4) is 11.5 Å². The molecule has 6 nitrogen and oxygen atoms in total. The lowest BCUT2D eigenvalue weighted by atomic mass is 10.1. The number of benzene rings is 4. The number of nitrogens with zero attached hydrogens (tertiary/aromatic N) is 1. The molecule has 0 fully saturated rings. The molecule has 184 valence electrons. The van der Waals surface area contributed by atoms with Crippen LogP contribution in [0.25, 0.3) is 20.9 Å². The number of carbonyl (C=O) groups is 2. The number of ether oxygens (including phenoxy) is 2. The Kier molecular flexibility index (Phi) is 7.50. The van der Waals surface area contributed by atoms with Crippen LogP contribution in [0, 0.1) is 0 Å². The topological polar surface area (TPSA) is 77.0 Å². The second-order valence-electron chi connectivity index (χ2n) is 7.85. The maximum absolute atomic E-state index is 12.8. The molecule has 0 spiro atoms. The van der Waals surface area contributed by atoms with Crippen LogP contribution in [-0.2, 0) is 4.79 Å². The van der Waals surface area contributed by atoms with Gasteiger partial charge >= 0.3 is 5.97 Å². The summed E-state index contributed by atoms with van der Waals surface area (Å²) in [5.74, 6) is -0.168. The van der Waals surface area contributed by atoms with Crippen molar-refractivity contribution in [1.82, 2.24) is 5.43 Å². The molecule has 0 radical (unpaired) electrons. The van der Waals surface area contributed by atoms with Crippen LogP contribution in [0.1, 0.15) is 15.2 Å². The van der Waals surface area contributed by atoms with E-state index in [1.807, 2.05) is 54.6 Å². The van der Waals surface area contributed by atoms with Gasteiger partial charge in [0.1, 0.15) is 16.4 Å². The normalized spacial score (nSPS) is 11.2. The molecule has 1 heterocycles. The fourth-order valence-electron chi connectivity index (χ4n) is 3.65. The molecule has 0 bridgehead atoms. The highest BCUT2D eigenvalue weighted by Gasteiger charge is 2.19. The van der Waals surface area contributed by atoms with Gasteiger partial charge < -0.3 is 9.47 Å². The zero-order valence-corrected chi connectivity index (χ0v) is 22.3. The molecule has 1 N–H and O–H groups in total. The number of carbonyl (C=O) groups excluding carboxylic acids is 2. The number of esters is 1. The van der Waals surface area contributed by atoms with Crippen molar-refractivity contribution in [3.05, 3.63) is 105 Å². The van der Waals surface area contributed by atoms with Crippen molar-refractivity contribution in [2.24, 2.45) is 5.10 Å². The van der Waals surface area contributed by atoms with Crippen LogP contribution in [-0.4, -0.2) is 24.7 Å². The van der Waals surface area contributed by atoms with Crippen LogP contribution in [0.2, 0.25) is 5.02 Å². The average molecular weight is 594 g/mol. The fourth-order valence-corrected chi connectivity index (χ4v) is 5.64. The van der Waals surface area contributed by atoms with Crippen LogP contribution in [0.5, 0.6) is 11.5 Å². The summed E-state index contributed by atoms with van der Waals surface area (Å²) in [6.07, 6.45) is 1.40. The van der Waals surface area contributed by atoms with Crippen LogP contribution in [0.3, 0.4) is 0 Å². The van der Waals surface area contributed by atoms with Crippen molar-refractivity contribution >= 4 is 77.8 Å². The van der Waals surface area contributed by atoms with Gasteiger partial charge in [-0.1, -0.05) is 72.3 Å². The molecule has 1 amide bonds. The SMILES string of the molecule is O=C(COc1ccc2ccccc2c1Br)NN=Cc1ccccc1OC(=O)c1sc2ccccc2c1Cl. The molecule has 37 heavy (non-hydrogen) atoms. The zero-order valence-electron chi connectivity index (χ0n) is 19.1. The third-order valence-electron chi connectivity index (χ3n) is 5.42. The highest BCUT2D eigenvalue weighted by atomic mass is 79.9. The summed E-state index contributed by atoms with van der Waals surface area (Å²) in [5, 5.41) is 7.20. The molecule has 0 aliphatic carbocycles. The molecule has 0 aliphatic rings. The van der Waals surface area contributed by atoms with E-state index in [0.717, 1.165) is 25.3 Å². The van der Waals surface area contributed by atoms with Gasteiger partial charge in [-0.25, -0.2) is 10.2 Å². The lowest BCUT2D eigenvalue weighted by Crippen LogP contribution is -2.24. The Balaban J connectivity index is 1.22. The van der Waals surface area contributed by atoms with E-state index in [1.54, 1.807) is 30.3 Å². The Morgan fingerprint density at radius 2 is 1.65 bits per heavy atom. The van der Waals surface area contributed by atoms with Gasteiger partial charge in [0.2, 0.25) is 0 Å². The molecule has 0 aliphatic heterocycles. The Hall–Kier alpha value is -3.72. The molecule has 0 atom stereocenters. The second-order valence-corrected chi connectivity index (χ2v) is 10.1. The lowest BCUT2D eigenvalue weighted by molar-refractivity contribution is -0.123. The van der Waals surface area contributed by atoms with Gasteiger partial charge in [-0.3, -0.25) is 4.79 Å². The number of hydrazone groups is 1. The summed E-state index contributed by atoms with van der Waals surface area (Å²) in [4.78, 5) is 25.4. The molecule has 5 aromatic rings. The number of hydrogen-bond acceptors (Lipinski definition) is 6. The first-order valence-electron chi connectivity index (χ1n) is 11.1. The van der Waals surface area contributed by atoms with Crippen LogP contribution in [0.15, 0.2) is 94.5 Å². The molecule has 1 aromatic heterocycles. The zero-order chi connectivity index (χ0) is 25.8. The first-order valence-corrected chi connectivity index (χ1v) is 13.1.